The first-order chi connectivity index (χ1) is 8.11. The molecule has 0 amide bonds. The number of nitrogens with zero attached hydrogens (tertiary/aromatic N) is 1. The Kier molecular flexibility index (Phi) is 2.99. The fourth-order valence-electron chi connectivity index (χ4n) is 1.52. The Bertz CT molecular complexity index is 619. The van der Waals surface area contributed by atoms with Crippen molar-refractivity contribution in [1.29, 1.82) is 5.26 Å². The number of halogens is 2. The highest BCUT2D eigenvalue weighted by Crippen LogP contribution is 2.33. The van der Waals surface area contributed by atoms with Crippen LogP contribution in [0.3, 0.4) is 0 Å². The first-order valence-corrected chi connectivity index (χ1v) is 5.18. The number of phenols is 1. The lowest BCUT2D eigenvalue weighted by Crippen LogP contribution is -1.84. The Labute approximate surface area is 103 Å². The van der Waals surface area contributed by atoms with Crippen molar-refractivity contribution in [3.8, 4) is 22.9 Å². The molecule has 2 nitrogen and oxygen atoms in total. The summed E-state index contributed by atoms with van der Waals surface area (Å²) in [4.78, 5) is 0. The van der Waals surface area contributed by atoms with Gasteiger partial charge in [0, 0.05) is 11.6 Å². The standard InChI is InChI=1S/C13H7ClFNO/c14-11-5-10(13(17)6-12(11)15)9-3-1-2-8(4-9)7-16/h1-6,17H. The third kappa shape index (κ3) is 2.22. The second kappa shape index (κ2) is 4.44. The summed E-state index contributed by atoms with van der Waals surface area (Å²) in [6, 6.07) is 10.9. The van der Waals surface area contributed by atoms with Crippen molar-refractivity contribution < 1.29 is 9.50 Å². The number of hydrogen-bond acceptors (Lipinski definition) is 2. The third-order valence-electron chi connectivity index (χ3n) is 2.34. The SMILES string of the molecule is N#Cc1cccc(-c2cc(Cl)c(F)cc2O)c1. The number of nitriles is 1. The van der Waals surface area contributed by atoms with Crippen LogP contribution in [0.25, 0.3) is 11.1 Å². The summed E-state index contributed by atoms with van der Waals surface area (Å²) < 4.78 is 13.1. The number of benzene rings is 2. The maximum Gasteiger partial charge on any atom is 0.145 e. The summed E-state index contributed by atoms with van der Waals surface area (Å²) in [6.07, 6.45) is 0. The molecule has 4 heteroatoms. The topological polar surface area (TPSA) is 44.0 Å². The van der Waals surface area contributed by atoms with Gasteiger partial charge in [-0.15, -0.1) is 0 Å². The Morgan fingerprint density at radius 3 is 2.71 bits per heavy atom. The molecule has 0 fully saturated rings. The van der Waals surface area contributed by atoms with Gasteiger partial charge in [0.25, 0.3) is 0 Å². The number of rotatable bonds is 1. The minimum Gasteiger partial charge on any atom is -0.507 e. The predicted octanol–water partition coefficient (Wildman–Crippen LogP) is 3.72. The van der Waals surface area contributed by atoms with Crippen LogP contribution >= 0.6 is 11.6 Å². The number of hydrogen-bond donors (Lipinski definition) is 1. The van der Waals surface area contributed by atoms with Gasteiger partial charge in [0.1, 0.15) is 11.6 Å². The van der Waals surface area contributed by atoms with Gasteiger partial charge in [-0.05, 0) is 23.8 Å². The monoisotopic (exact) mass is 247 g/mol. The lowest BCUT2D eigenvalue weighted by molar-refractivity contribution is 0.471. The zero-order valence-corrected chi connectivity index (χ0v) is 9.37. The Morgan fingerprint density at radius 1 is 1.24 bits per heavy atom. The van der Waals surface area contributed by atoms with Crippen molar-refractivity contribution in [2.75, 3.05) is 0 Å². The van der Waals surface area contributed by atoms with Gasteiger partial charge in [-0.2, -0.15) is 5.26 Å². The van der Waals surface area contributed by atoms with Gasteiger partial charge < -0.3 is 5.11 Å². The molecule has 0 aliphatic carbocycles. The molecular formula is C13H7ClFNO. The highest BCUT2D eigenvalue weighted by atomic mass is 35.5. The molecule has 0 aromatic heterocycles. The molecule has 0 aliphatic rings. The largest absolute Gasteiger partial charge is 0.507 e. The predicted molar refractivity (Wildman–Crippen MR) is 63.2 cm³/mol. The fraction of sp³-hybridized carbons (Fsp3) is 0. The van der Waals surface area contributed by atoms with Crippen molar-refractivity contribution in [3.63, 3.8) is 0 Å². The molecule has 0 spiro atoms. The summed E-state index contributed by atoms with van der Waals surface area (Å²) in [5.41, 5.74) is 1.47. The van der Waals surface area contributed by atoms with E-state index in [0.717, 1.165) is 6.07 Å². The molecule has 2 aromatic rings. The van der Waals surface area contributed by atoms with Crippen LogP contribution in [0.5, 0.6) is 5.75 Å². The Balaban J connectivity index is 2.61. The number of phenolic OH excluding ortho intramolecular Hbond substituents is 1. The van der Waals surface area contributed by atoms with E-state index in [9.17, 15) is 9.50 Å². The van der Waals surface area contributed by atoms with E-state index < -0.39 is 5.82 Å². The Morgan fingerprint density at radius 2 is 2.00 bits per heavy atom. The van der Waals surface area contributed by atoms with Crippen molar-refractivity contribution in [3.05, 3.63) is 52.8 Å². The quantitative estimate of drug-likeness (QED) is 0.835. The van der Waals surface area contributed by atoms with Crippen molar-refractivity contribution >= 4 is 11.6 Å². The van der Waals surface area contributed by atoms with E-state index in [1.165, 1.54) is 6.07 Å². The van der Waals surface area contributed by atoms with Crippen molar-refractivity contribution in [2.24, 2.45) is 0 Å². The number of aromatic hydroxyl groups is 1. The van der Waals surface area contributed by atoms with Crippen LogP contribution in [0, 0.1) is 17.1 Å². The van der Waals surface area contributed by atoms with E-state index in [1.807, 2.05) is 6.07 Å². The second-order valence-corrected chi connectivity index (χ2v) is 3.88. The molecule has 1 N–H and O–H groups in total. The zero-order chi connectivity index (χ0) is 12.4. The van der Waals surface area contributed by atoms with Gasteiger partial charge in [-0.3, -0.25) is 0 Å². The van der Waals surface area contributed by atoms with Gasteiger partial charge in [0.2, 0.25) is 0 Å². The molecule has 0 radical (unpaired) electrons. The van der Waals surface area contributed by atoms with Gasteiger partial charge in [-0.25, -0.2) is 4.39 Å². The van der Waals surface area contributed by atoms with Crippen LogP contribution in [-0.2, 0) is 0 Å². The highest BCUT2D eigenvalue weighted by Gasteiger charge is 2.10. The average molecular weight is 248 g/mol. The summed E-state index contributed by atoms with van der Waals surface area (Å²) in [5, 5.41) is 18.4. The molecule has 0 saturated carbocycles. The summed E-state index contributed by atoms with van der Waals surface area (Å²) in [7, 11) is 0. The molecule has 17 heavy (non-hydrogen) atoms. The van der Waals surface area contributed by atoms with E-state index in [2.05, 4.69) is 0 Å². The maximum atomic E-state index is 13.1. The first-order valence-electron chi connectivity index (χ1n) is 4.80. The maximum absolute atomic E-state index is 13.1. The molecular weight excluding hydrogens is 241 g/mol. The van der Waals surface area contributed by atoms with Crippen LogP contribution < -0.4 is 0 Å². The van der Waals surface area contributed by atoms with Crippen molar-refractivity contribution in [1.82, 2.24) is 0 Å². The summed E-state index contributed by atoms with van der Waals surface area (Å²) in [6.45, 7) is 0. The van der Waals surface area contributed by atoms with Crippen molar-refractivity contribution in [2.45, 2.75) is 0 Å². The third-order valence-corrected chi connectivity index (χ3v) is 2.63. The minimum absolute atomic E-state index is 0.0693. The lowest BCUT2D eigenvalue weighted by atomic mass is 10.0. The normalized spacial score (nSPS) is 9.94. The molecule has 0 bridgehead atoms. The molecule has 0 aliphatic heterocycles. The van der Waals surface area contributed by atoms with E-state index in [4.69, 9.17) is 16.9 Å². The average Bonchev–Trinajstić information content (AvgIpc) is 2.34. The Hall–Kier alpha value is -2.05. The molecule has 0 heterocycles. The van der Waals surface area contributed by atoms with Crippen LogP contribution in [0.1, 0.15) is 5.56 Å². The zero-order valence-electron chi connectivity index (χ0n) is 8.61. The van der Waals surface area contributed by atoms with Crippen LogP contribution in [0.4, 0.5) is 4.39 Å². The van der Waals surface area contributed by atoms with Crippen LogP contribution in [-0.4, -0.2) is 5.11 Å². The van der Waals surface area contributed by atoms with E-state index in [0.29, 0.717) is 16.7 Å². The van der Waals surface area contributed by atoms with Gasteiger partial charge >= 0.3 is 0 Å². The van der Waals surface area contributed by atoms with Crippen LogP contribution in [0.2, 0.25) is 5.02 Å². The first kappa shape index (κ1) is 11.4. The van der Waals surface area contributed by atoms with Gasteiger partial charge in [0.15, 0.2) is 0 Å². The van der Waals surface area contributed by atoms with E-state index >= 15 is 0 Å². The van der Waals surface area contributed by atoms with Crippen LogP contribution in [0.15, 0.2) is 36.4 Å². The van der Waals surface area contributed by atoms with Gasteiger partial charge in [-0.1, -0.05) is 23.7 Å². The van der Waals surface area contributed by atoms with E-state index in [1.54, 1.807) is 24.3 Å². The molecule has 2 rings (SSSR count). The molecule has 0 unspecified atom stereocenters. The fourth-order valence-corrected chi connectivity index (χ4v) is 1.69. The summed E-state index contributed by atoms with van der Waals surface area (Å²) in [5.74, 6) is -0.883. The van der Waals surface area contributed by atoms with E-state index in [-0.39, 0.29) is 10.8 Å². The minimum atomic E-state index is -0.677. The highest BCUT2D eigenvalue weighted by molar-refractivity contribution is 6.31. The smallest absolute Gasteiger partial charge is 0.145 e. The molecule has 0 atom stereocenters. The second-order valence-electron chi connectivity index (χ2n) is 3.48. The molecule has 84 valence electrons. The summed E-state index contributed by atoms with van der Waals surface area (Å²) >= 11 is 5.66. The molecule has 0 saturated heterocycles. The molecule has 2 aromatic carbocycles. The van der Waals surface area contributed by atoms with Gasteiger partial charge in [0.05, 0.1) is 16.7 Å². The lowest BCUT2D eigenvalue weighted by Gasteiger charge is -2.06.